The van der Waals surface area contributed by atoms with Crippen molar-refractivity contribution in [1.29, 1.82) is 0 Å². The standard InChI is InChI=1S/C11H17N7O/c12-16-11-14-9-8(4-13-17-9)10(15-11)18-3-1-2-7(5-18)6-19/h4,7,19H,1-3,5-6,12H2,(H2,13,14,15,16,17). The van der Waals surface area contributed by atoms with Crippen molar-refractivity contribution in [3.8, 4) is 0 Å². The van der Waals surface area contributed by atoms with E-state index in [9.17, 15) is 5.11 Å². The number of nitrogens with zero attached hydrogens (tertiary/aromatic N) is 4. The Morgan fingerprint density at radius 3 is 3.21 bits per heavy atom. The van der Waals surface area contributed by atoms with Crippen LogP contribution in [0.3, 0.4) is 0 Å². The van der Waals surface area contributed by atoms with Gasteiger partial charge in [-0.3, -0.25) is 10.5 Å². The molecule has 19 heavy (non-hydrogen) atoms. The molecule has 3 rings (SSSR count). The van der Waals surface area contributed by atoms with Crippen LogP contribution in [0, 0.1) is 5.92 Å². The van der Waals surface area contributed by atoms with Gasteiger partial charge in [-0.05, 0) is 18.8 Å². The molecular weight excluding hydrogens is 246 g/mol. The zero-order chi connectivity index (χ0) is 13.2. The van der Waals surface area contributed by atoms with E-state index in [0.717, 1.165) is 37.1 Å². The van der Waals surface area contributed by atoms with Gasteiger partial charge in [0.15, 0.2) is 5.65 Å². The summed E-state index contributed by atoms with van der Waals surface area (Å²) in [6, 6.07) is 0. The lowest BCUT2D eigenvalue weighted by molar-refractivity contribution is 0.208. The molecule has 0 spiro atoms. The van der Waals surface area contributed by atoms with Gasteiger partial charge in [-0.15, -0.1) is 0 Å². The normalized spacial score (nSPS) is 19.9. The third kappa shape index (κ3) is 2.20. The SMILES string of the molecule is NNc1nc(N2CCCC(CO)C2)c2cn[nH]c2n1. The maximum Gasteiger partial charge on any atom is 0.241 e. The second kappa shape index (κ2) is 4.98. The minimum atomic E-state index is 0.206. The Morgan fingerprint density at radius 2 is 2.42 bits per heavy atom. The highest BCUT2D eigenvalue weighted by Gasteiger charge is 2.23. The van der Waals surface area contributed by atoms with Crippen LogP contribution in [0.5, 0.6) is 0 Å². The first-order valence-electron chi connectivity index (χ1n) is 6.35. The fourth-order valence-corrected chi connectivity index (χ4v) is 2.53. The molecule has 0 aliphatic carbocycles. The minimum Gasteiger partial charge on any atom is -0.396 e. The van der Waals surface area contributed by atoms with Crippen molar-refractivity contribution in [2.24, 2.45) is 11.8 Å². The van der Waals surface area contributed by atoms with Gasteiger partial charge in [0.1, 0.15) is 5.82 Å². The number of nitrogens with two attached hydrogens (primary N) is 1. The summed E-state index contributed by atoms with van der Waals surface area (Å²) in [6.07, 6.45) is 3.81. The third-order valence-corrected chi connectivity index (χ3v) is 3.50. The fraction of sp³-hybridized carbons (Fsp3) is 0.545. The molecule has 1 fully saturated rings. The summed E-state index contributed by atoms with van der Waals surface area (Å²) in [7, 11) is 0. The van der Waals surface area contributed by atoms with E-state index < -0.39 is 0 Å². The van der Waals surface area contributed by atoms with Crippen LogP contribution in [0.2, 0.25) is 0 Å². The molecule has 0 amide bonds. The highest BCUT2D eigenvalue weighted by molar-refractivity contribution is 5.87. The lowest BCUT2D eigenvalue weighted by Gasteiger charge is -2.33. The van der Waals surface area contributed by atoms with Crippen molar-refractivity contribution >= 4 is 22.8 Å². The Bertz CT molecular complexity index is 569. The van der Waals surface area contributed by atoms with Gasteiger partial charge in [-0.2, -0.15) is 15.1 Å². The molecule has 0 radical (unpaired) electrons. The largest absolute Gasteiger partial charge is 0.396 e. The van der Waals surface area contributed by atoms with E-state index in [0.29, 0.717) is 17.5 Å². The van der Waals surface area contributed by atoms with Crippen molar-refractivity contribution < 1.29 is 5.11 Å². The topological polar surface area (TPSA) is 116 Å². The Labute approximate surface area is 110 Å². The van der Waals surface area contributed by atoms with Crippen molar-refractivity contribution in [1.82, 2.24) is 20.2 Å². The molecule has 8 heteroatoms. The van der Waals surface area contributed by atoms with Crippen LogP contribution in [0.4, 0.5) is 11.8 Å². The number of hydrogen-bond donors (Lipinski definition) is 4. The number of aliphatic hydroxyl groups excluding tert-OH is 1. The molecule has 102 valence electrons. The number of aromatic amines is 1. The molecule has 5 N–H and O–H groups in total. The summed E-state index contributed by atoms with van der Waals surface area (Å²) in [4.78, 5) is 10.8. The fourth-order valence-electron chi connectivity index (χ4n) is 2.53. The van der Waals surface area contributed by atoms with Gasteiger partial charge in [0.2, 0.25) is 5.95 Å². The first kappa shape index (κ1) is 12.1. The smallest absolute Gasteiger partial charge is 0.241 e. The molecule has 0 aromatic carbocycles. The monoisotopic (exact) mass is 263 g/mol. The summed E-state index contributed by atoms with van der Waals surface area (Å²) in [5.74, 6) is 6.85. The van der Waals surface area contributed by atoms with Crippen LogP contribution in [0.25, 0.3) is 11.0 Å². The van der Waals surface area contributed by atoms with Crippen LogP contribution in [-0.2, 0) is 0 Å². The lowest BCUT2D eigenvalue weighted by Crippen LogP contribution is -2.37. The molecule has 2 aromatic heterocycles. The number of piperidine rings is 1. The summed E-state index contributed by atoms with van der Waals surface area (Å²) in [5.41, 5.74) is 3.12. The van der Waals surface area contributed by atoms with Crippen LogP contribution in [0.1, 0.15) is 12.8 Å². The Kier molecular flexibility index (Phi) is 3.18. The number of nitrogens with one attached hydrogen (secondary N) is 2. The van der Waals surface area contributed by atoms with Gasteiger partial charge in [-0.25, -0.2) is 5.84 Å². The molecule has 8 nitrogen and oxygen atoms in total. The van der Waals surface area contributed by atoms with Crippen molar-refractivity contribution in [2.75, 3.05) is 30.0 Å². The van der Waals surface area contributed by atoms with Crippen molar-refractivity contribution in [2.45, 2.75) is 12.8 Å². The molecule has 3 heterocycles. The van der Waals surface area contributed by atoms with Gasteiger partial charge in [0.25, 0.3) is 0 Å². The molecule has 1 aliphatic heterocycles. The number of nitrogen functional groups attached to an aromatic ring is 1. The first-order chi connectivity index (χ1) is 9.31. The molecule has 1 unspecified atom stereocenters. The van der Waals surface area contributed by atoms with Gasteiger partial charge < -0.3 is 10.0 Å². The second-order valence-electron chi connectivity index (χ2n) is 4.78. The van der Waals surface area contributed by atoms with E-state index in [1.807, 2.05) is 0 Å². The molecule has 0 saturated carbocycles. The number of hydrazine groups is 1. The van der Waals surface area contributed by atoms with Crippen LogP contribution in [0.15, 0.2) is 6.20 Å². The second-order valence-corrected chi connectivity index (χ2v) is 4.78. The van der Waals surface area contributed by atoms with Crippen molar-refractivity contribution in [3.05, 3.63) is 6.20 Å². The number of H-pyrrole nitrogens is 1. The quantitative estimate of drug-likeness (QED) is 0.449. The minimum absolute atomic E-state index is 0.206. The molecular formula is C11H17N7O. The lowest BCUT2D eigenvalue weighted by atomic mass is 9.99. The highest BCUT2D eigenvalue weighted by Crippen LogP contribution is 2.27. The number of anilines is 2. The third-order valence-electron chi connectivity index (χ3n) is 3.50. The Hall–Kier alpha value is -1.93. The number of rotatable bonds is 3. The van der Waals surface area contributed by atoms with E-state index in [4.69, 9.17) is 5.84 Å². The van der Waals surface area contributed by atoms with E-state index in [1.165, 1.54) is 0 Å². The summed E-state index contributed by atoms with van der Waals surface area (Å²) in [6.45, 7) is 1.91. The van der Waals surface area contributed by atoms with Gasteiger partial charge in [0, 0.05) is 19.7 Å². The molecule has 1 aliphatic rings. The number of aromatic nitrogens is 4. The maximum absolute atomic E-state index is 9.32. The van der Waals surface area contributed by atoms with Gasteiger partial charge >= 0.3 is 0 Å². The predicted octanol–water partition coefficient (Wildman–Crippen LogP) is -0.153. The molecule has 0 bridgehead atoms. The first-order valence-corrected chi connectivity index (χ1v) is 6.35. The van der Waals surface area contributed by atoms with Crippen LogP contribution >= 0.6 is 0 Å². The van der Waals surface area contributed by atoms with Crippen molar-refractivity contribution in [3.63, 3.8) is 0 Å². The van der Waals surface area contributed by atoms with E-state index in [1.54, 1.807) is 6.20 Å². The average Bonchev–Trinajstić information content (AvgIpc) is 2.94. The zero-order valence-corrected chi connectivity index (χ0v) is 10.5. The van der Waals surface area contributed by atoms with Gasteiger partial charge in [0.05, 0.1) is 11.6 Å². The number of fused-ring (bicyclic) bond motifs is 1. The summed E-state index contributed by atoms with van der Waals surface area (Å²) < 4.78 is 0. The Balaban J connectivity index is 2.00. The van der Waals surface area contributed by atoms with Crippen LogP contribution < -0.4 is 16.2 Å². The summed E-state index contributed by atoms with van der Waals surface area (Å²) >= 11 is 0. The zero-order valence-electron chi connectivity index (χ0n) is 10.5. The van der Waals surface area contributed by atoms with E-state index in [2.05, 4.69) is 30.5 Å². The average molecular weight is 263 g/mol. The number of hydrogen-bond acceptors (Lipinski definition) is 7. The molecule has 2 aromatic rings. The Morgan fingerprint density at radius 1 is 1.53 bits per heavy atom. The predicted molar refractivity (Wildman–Crippen MR) is 71.5 cm³/mol. The number of aliphatic hydroxyl groups is 1. The molecule has 1 atom stereocenters. The summed E-state index contributed by atoms with van der Waals surface area (Å²) in [5, 5.41) is 17.0. The van der Waals surface area contributed by atoms with Gasteiger partial charge in [-0.1, -0.05) is 0 Å². The molecule has 1 saturated heterocycles. The van der Waals surface area contributed by atoms with E-state index >= 15 is 0 Å². The maximum atomic E-state index is 9.32. The van der Waals surface area contributed by atoms with Crippen LogP contribution in [-0.4, -0.2) is 45.0 Å². The highest BCUT2D eigenvalue weighted by atomic mass is 16.3. The van der Waals surface area contributed by atoms with E-state index in [-0.39, 0.29) is 6.61 Å².